The first-order valence-electron chi connectivity index (χ1n) is 5.34. The van der Waals surface area contributed by atoms with E-state index in [4.69, 9.17) is 16.1 Å². The van der Waals surface area contributed by atoms with Crippen LogP contribution in [0.1, 0.15) is 12.3 Å². The molecule has 2 rings (SSSR count). The molecule has 0 saturated heterocycles. The Morgan fingerprint density at radius 2 is 2.33 bits per heavy atom. The van der Waals surface area contributed by atoms with Crippen LogP contribution in [0.4, 0.5) is 0 Å². The molecule has 6 heteroatoms. The average Bonchev–Trinajstić information content (AvgIpc) is 2.84. The smallest absolute Gasteiger partial charge is 0.306 e. The van der Waals surface area contributed by atoms with Gasteiger partial charge in [0.15, 0.2) is 0 Å². The summed E-state index contributed by atoms with van der Waals surface area (Å²) in [6.45, 7) is 0. The molecule has 0 aliphatic heterocycles. The Kier molecular flexibility index (Phi) is 3.94. The molecular weight excluding hydrogens is 256 g/mol. The van der Waals surface area contributed by atoms with Crippen LogP contribution < -0.4 is 0 Å². The Morgan fingerprint density at radius 3 is 3.06 bits per heavy atom. The summed E-state index contributed by atoms with van der Waals surface area (Å²) in [6.07, 6.45) is 0.577. The van der Waals surface area contributed by atoms with Crippen molar-refractivity contribution in [2.75, 3.05) is 7.11 Å². The maximum absolute atomic E-state index is 11.0. The monoisotopic (exact) mass is 266 g/mol. The zero-order valence-corrected chi connectivity index (χ0v) is 10.5. The molecule has 5 nitrogen and oxygen atoms in total. The molecule has 0 spiro atoms. The molecule has 94 valence electrons. The molecule has 18 heavy (non-hydrogen) atoms. The van der Waals surface area contributed by atoms with E-state index < -0.39 is 0 Å². The van der Waals surface area contributed by atoms with Gasteiger partial charge in [-0.1, -0.05) is 28.9 Å². The van der Waals surface area contributed by atoms with E-state index in [1.807, 2.05) is 12.1 Å². The second-order valence-electron chi connectivity index (χ2n) is 3.60. The summed E-state index contributed by atoms with van der Waals surface area (Å²) in [5.74, 6) is 0.547. The zero-order valence-electron chi connectivity index (χ0n) is 9.72. The van der Waals surface area contributed by atoms with Crippen molar-refractivity contribution in [3.8, 4) is 11.4 Å². The van der Waals surface area contributed by atoms with Gasteiger partial charge >= 0.3 is 5.97 Å². The van der Waals surface area contributed by atoms with Gasteiger partial charge in [0, 0.05) is 17.0 Å². The van der Waals surface area contributed by atoms with Gasteiger partial charge in [0.2, 0.25) is 11.7 Å². The van der Waals surface area contributed by atoms with Crippen molar-refractivity contribution in [1.29, 1.82) is 0 Å². The van der Waals surface area contributed by atoms with Gasteiger partial charge in [-0.3, -0.25) is 4.79 Å². The average molecular weight is 267 g/mol. The third kappa shape index (κ3) is 3.07. The summed E-state index contributed by atoms with van der Waals surface area (Å²) in [5, 5.41) is 4.44. The highest BCUT2D eigenvalue weighted by Crippen LogP contribution is 2.20. The maximum Gasteiger partial charge on any atom is 0.306 e. The van der Waals surface area contributed by atoms with E-state index in [0.29, 0.717) is 23.2 Å². The van der Waals surface area contributed by atoms with Crippen molar-refractivity contribution in [2.45, 2.75) is 12.8 Å². The van der Waals surface area contributed by atoms with Gasteiger partial charge in [-0.05, 0) is 12.1 Å². The molecule has 0 aliphatic carbocycles. The summed E-state index contributed by atoms with van der Waals surface area (Å²) >= 11 is 5.88. The van der Waals surface area contributed by atoms with E-state index in [0.717, 1.165) is 5.56 Å². The number of carbonyl (C=O) groups excluding carboxylic acids is 1. The first-order valence-corrected chi connectivity index (χ1v) is 5.72. The van der Waals surface area contributed by atoms with Gasteiger partial charge in [-0.2, -0.15) is 4.98 Å². The quantitative estimate of drug-likeness (QED) is 0.796. The molecule has 0 N–H and O–H groups in total. The van der Waals surface area contributed by atoms with Crippen molar-refractivity contribution in [3.63, 3.8) is 0 Å². The third-order valence-corrected chi connectivity index (χ3v) is 2.56. The van der Waals surface area contributed by atoms with Gasteiger partial charge in [-0.15, -0.1) is 0 Å². The van der Waals surface area contributed by atoms with Crippen molar-refractivity contribution >= 4 is 17.6 Å². The van der Waals surface area contributed by atoms with E-state index in [2.05, 4.69) is 14.9 Å². The number of methoxy groups -OCH3 is 1. The van der Waals surface area contributed by atoms with Crippen LogP contribution in [-0.2, 0) is 16.0 Å². The summed E-state index contributed by atoms with van der Waals surface area (Å²) < 4.78 is 9.57. The number of rotatable bonds is 4. The molecule has 0 fully saturated rings. The van der Waals surface area contributed by atoms with Crippen LogP contribution in [0.2, 0.25) is 5.02 Å². The fourth-order valence-electron chi connectivity index (χ4n) is 1.41. The van der Waals surface area contributed by atoms with E-state index in [1.165, 1.54) is 7.11 Å². The van der Waals surface area contributed by atoms with Crippen LogP contribution >= 0.6 is 11.6 Å². The number of aromatic nitrogens is 2. The summed E-state index contributed by atoms with van der Waals surface area (Å²) in [4.78, 5) is 15.2. The first kappa shape index (κ1) is 12.6. The molecule has 1 heterocycles. The fraction of sp³-hybridized carbons (Fsp3) is 0.250. The zero-order chi connectivity index (χ0) is 13.0. The Bertz CT molecular complexity index is 554. The lowest BCUT2D eigenvalue weighted by Crippen LogP contribution is -2.01. The van der Waals surface area contributed by atoms with E-state index >= 15 is 0 Å². The lowest BCUT2D eigenvalue weighted by Gasteiger charge is -1.94. The second-order valence-corrected chi connectivity index (χ2v) is 4.03. The summed E-state index contributed by atoms with van der Waals surface area (Å²) in [7, 11) is 1.34. The normalized spacial score (nSPS) is 10.3. The highest BCUT2D eigenvalue weighted by atomic mass is 35.5. The minimum absolute atomic E-state index is 0.216. The largest absolute Gasteiger partial charge is 0.469 e. The molecule has 0 radical (unpaired) electrons. The predicted molar refractivity (Wildman–Crippen MR) is 65.1 cm³/mol. The Labute approximate surface area is 109 Å². The third-order valence-electron chi connectivity index (χ3n) is 2.32. The molecular formula is C12H11ClN2O3. The Balaban J connectivity index is 2.08. The van der Waals surface area contributed by atoms with E-state index in [1.54, 1.807) is 12.1 Å². The second kappa shape index (κ2) is 5.64. The number of hydrogen-bond acceptors (Lipinski definition) is 5. The molecule has 0 bridgehead atoms. The molecule has 2 aromatic rings. The van der Waals surface area contributed by atoms with Gasteiger partial charge in [0.25, 0.3) is 0 Å². The van der Waals surface area contributed by atoms with Crippen LogP contribution in [0.3, 0.4) is 0 Å². The topological polar surface area (TPSA) is 65.2 Å². The van der Waals surface area contributed by atoms with Crippen molar-refractivity contribution in [1.82, 2.24) is 10.1 Å². The van der Waals surface area contributed by atoms with E-state index in [9.17, 15) is 4.79 Å². The van der Waals surface area contributed by atoms with Crippen LogP contribution in [0, 0.1) is 0 Å². The summed E-state index contributed by atoms with van der Waals surface area (Å²) in [6, 6.07) is 7.16. The minimum atomic E-state index is -0.308. The molecule has 0 amide bonds. The van der Waals surface area contributed by atoms with Crippen LogP contribution in [-0.4, -0.2) is 23.2 Å². The summed E-state index contributed by atoms with van der Waals surface area (Å²) in [5.41, 5.74) is 0.774. The fourth-order valence-corrected chi connectivity index (χ4v) is 1.60. The van der Waals surface area contributed by atoms with Crippen molar-refractivity contribution in [3.05, 3.63) is 35.2 Å². The number of carbonyl (C=O) groups is 1. The number of hydrogen-bond donors (Lipinski definition) is 0. The number of aryl methyl sites for hydroxylation is 1. The van der Waals surface area contributed by atoms with Crippen LogP contribution in [0.15, 0.2) is 28.8 Å². The van der Waals surface area contributed by atoms with Gasteiger partial charge < -0.3 is 9.26 Å². The first-order chi connectivity index (χ1) is 8.69. The van der Waals surface area contributed by atoms with Gasteiger partial charge in [-0.25, -0.2) is 0 Å². The molecule has 1 aromatic heterocycles. The Hall–Kier alpha value is -1.88. The van der Waals surface area contributed by atoms with Crippen molar-refractivity contribution < 1.29 is 14.1 Å². The highest BCUT2D eigenvalue weighted by molar-refractivity contribution is 6.30. The van der Waals surface area contributed by atoms with Crippen LogP contribution in [0.25, 0.3) is 11.4 Å². The molecule has 1 aromatic carbocycles. The number of benzene rings is 1. The SMILES string of the molecule is COC(=O)CCc1nc(-c2cccc(Cl)c2)no1. The predicted octanol–water partition coefficient (Wildman–Crippen LogP) is 2.50. The highest BCUT2D eigenvalue weighted by Gasteiger charge is 2.10. The maximum atomic E-state index is 11.0. The lowest BCUT2D eigenvalue weighted by molar-refractivity contribution is -0.140. The lowest BCUT2D eigenvalue weighted by atomic mass is 10.2. The number of esters is 1. The molecule has 0 atom stereocenters. The van der Waals surface area contributed by atoms with Gasteiger partial charge in [0.05, 0.1) is 13.5 Å². The molecule has 0 aliphatic rings. The van der Waals surface area contributed by atoms with Crippen molar-refractivity contribution in [2.24, 2.45) is 0 Å². The number of nitrogens with zero attached hydrogens (tertiary/aromatic N) is 2. The minimum Gasteiger partial charge on any atom is -0.469 e. The van der Waals surface area contributed by atoms with Crippen LogP contribution in [0.5, 0.6) is 0 Å². The number of ether oxygens (including phenoxy) is 1. The molecule has 0 unspecified atom stereocenters. The van der Waals surface area contributed by atoms with Gasteiger partial charge in [0.1, 0.15) is 0 Å². The number of halogens is 1. The Morgan fingerprint density at radius 1 is 1.50 bits per heavy atom. The molecule has 0 saturated carbocycles. The van der Waals surface area contributed by atoms with E-state index in [-0.39, 0.29) is 12.4 Å². The standard InChI is InChI=1S/C12H11ClN2O3/c1-17-11(16)6-5-10-14-12(15-18-10)8-3-2-4-9(13)7-8/h2-4,7H,5-6H2,1H3.